The van der Waals surface area contributed by atoms with E-state index >= 15 is 0 Å². The number of carbonyl (C=O) groups excluding carboxylic acids is 2. The number of benzene rings is 1. The summed E-state index contributed by atoms with van der Waals surface area (Å²) < 4.78 is 43.9. The zero-order valence-electron chi connectivity index (χ0n) is 28.1. The molecule has 0 aliphatic carbocycles. The molecule has 0 aromatic heterocycles. The van der Waals surface area contributed by atoms with Crippen LogP contribution in [-0.4, -0.2) is 37.0 Å². The van der Waals surface area contributed by atoms with Crippen molar-refractivity contribution >= 4 is 22.1 Å². The van der Waals surface area contributed by atoms with Gasteiger partial charge in [-0.15, -0.1) is 0 Å². The third-order valence-electron chi connectivity index (χ3n) is 7.99. The van der Waals surface area contributed by atoms with Gasteiger partial charge in [0.25, 0.3) is 0 Å². The van der Waals surface area contributed by atoms with E-state index in [4.69, 9.17) is 9.47 Å². The zero-order valence-corrected chi connectivity index (χ0v) is 32.1. The molecular weight excluding hydrogens is 604 g/mol. The minimum absolute atomic E-state index is 0. The van der Waals surface area contributed by atoms with Crippen LogP contribution in [0.1, 0.15) is 182 Å². The van der Waals surface area contributed by atoms with E-state index in [0.29, 0.717) is 0 Å². The molecule has 1 aromatic carbocycles. The topological polar surface area (TPSA) is 110 Å². The van der Waals surface area contributed by atoms with E-state index in [2.05, 4.69) is 6.92 Å². The van der Waals surface area contributed by atoms with Crippen LogP contribution in [0.5, 0.6) is 0 Å². The van der Waals surface area contributed by atoms with E-state index in [1.165, 1.54) is 147 Å². The predicted octanol–water partition coefficient (Wildman–Crippen LogP) is 6.89. The van der Waals surface area contributed by atoms with E-state index in [0.717, 1.165) is 19.3 Å². The van der Waals surface area contributed by atoms with Crippen molar-refractivity contribution in [3.8, 4) is 0 Å². The van der Waals surface area contributed by atoms with Gasteiger partial charge in [0.2, 0.25) is 0 Å². The maximum atomic E-state index is 12.5. The largest absolute Gasteiger partial charge is 1.00 e. The number of esters is 2. The van der Waals surface area contributed by atoms with Gasteiger partial charge in [0.15, 0.2) is 5.44 Å². The summed E-state index contributed by atoms with van der Waals surface area (Å²) in [5, 5.41) is 0. The van der Waals surface area contributed by atoms with Gasteiger partial charge in [0, 0.05) is 0 Å². The summed E-state index contributed by atoms with van der Waals surface area (Å²) in [4.78, 5) is 25.0. The van der Waals surface area contributed by atoms with Gasteiger partial charge in [-0.25, -0.2) is 18.0 Å². The molecule has 1 aromatic rings. The second-order valence-corrected chi connectivity index (χ2v) is 13.4. The first-order chi connectivity index (χ1) is 20.8. The molecule has 1 rings (SSSR count). The number of carbonyl (C=O) groups is 2. The Bertz CT molecular complexity index is 968. The molecule has 248 valence electrons. The number of hydrogen-bond donors (Lipinski definition) is 0. The van der Waals surface area contributed by atoms with Crippen LogP contribution >= 0.6 is 0 Å². The maximum absolute atomic E-state index is 12.5. The van der Waals surface area contributed by atoms with Gasteiger partial charge in [0.05, 0.1) is 17.7 Å². The summed E-state index contributed by atoms with van der Waals surface area (Å²) in [6.45, 7) is 3.95. The minimum Gasteiger partial charge on any atom is -0.745 e. The van der Waals surface area contributed by atoms with Gasteiger partial charge in [-0.1, -0.05) is 161 Å². The molecule has 0 aliphatic heterocycles. The van der Waals surface area contributed by atoms with Crippen molar-refractivity contribution in [1.29, 1.82) is 0 Å². The van der Waals surface area contributed by atoms with Crippen LogP contribution in [0.3, 0.4) is 0 Å². The predicted molar refractivity (Wildman–Crippen MR) is 173 cm³/mol. The first-order valence-corrected chi connectivity index (χ1v) is 18.7. The molecule has 0 N–H and O–H groups in total. The first-order valence-electron chi connectivity index (χ1n) is 17.2. The van der Waals surface area contributed by atoms with Crippen molar-refractivity contribution in [2.45, 2.75) is 167 Å². The molecule has 0 amide bonds. The number of hydrogen-bond acceptors (Lipinski definition) is 7. The molecule has 0 bridgehead atoms. The molecule has 0 saturated heterocycles. The first kappa shape index (κ1) is 43.7. The number of unbranched alkanes of at least 4 members (excludes halogenated alkanes) is 21. The van der Waals surface area contributed by atoms with Crippen LogP contribution in [-0.2, 0) is 19.6 Å². The van der Waals surface area contributed by atoms with Crippen molar-refractivity contribution in [2.24, 2.45) is 0 Å². The van der Waals surface area contributed by atoms with Crippen molar-refractivity contribution in [3.05, 3.63) is 35.4 Å². The van der Waals surface area contributed by atoms with E-state index in [9.17, 15) is 22.6 Å². The van der Waals surface area contributed by atoms with Crippen LogP contribution in [0.4, 0.5) is 0 Å². The summed E-state index contributed by atoms with van der Waals surface area (Å²) in [5.74, 6) is -1.71. The molecule has 9 heteroatoms. The smallest absolute Gasteiger partial charge is 0.745 e. The Hall–Kier alpha value is -0.294. The Kier molecular flexibility index (Phi) is 28.7. The Labute approximate surface area is 311 Å². The quantitative estimate of drug-likeness (QED) is 0.0416. The molecule has 0 fully saturated rings. The molecule has 0 spiro atoms. The summed E-state index contributed by atoms with van der Waals surface area (Å²) in [6, 6.07) is 5.88. The normalized spacial score (nSPS) is 12.0. The Balaban J connectivity index is 0.0000185. The van der Waals surface area contributed by atoms with Crippen molar-refractivity contribution < 1.29 is 83.4 Å². The fourth-order valence-electron chi connectivity index (χ4n) is 5.32. The van der Waals surface area contributed by atoms with Crippen LogP contribution in [0.2, 0.25) is 0 Å². The second-order valence-electron chi connectivity index (χ2n) is 11.8. The minimum atomic E-state index is -4.80. The summed E-state index contributed by atoms with van der Waals surface area (Å²) in [7, 11) is -4.80. The fraction of sp³-hybridized carbons (Fsp3) is 0.771. The van der Waals surface area contributed by atoms with Crippen molar-refractivity contribution in [2.75, 3.05) is 6.61 Å². The third-order valence-corrected chi connectivity index (χ3v) is 9.07. The average molecular weight is 663 g/mol. The van der Waals surface area contributed by atoms with Gasteiger partial charge in [0.1, 0.15) is 10.1 Å². The zero-order chi connectivity index (χ0) is 31.6. The molecule has 44 heavy (non-hydrogen) atoms. The van der Waals surface area contributed by atoms with E-state index in [1.54, 1.807) is 6.07 Å². The fourth-order valence-corrected chi connectivity index (χ4v) is 5.94. The van der Waals surface area contributed by atoms with E-state index < -0.39 is 27.5 Å². The standard InChI is InChI=1S/C35H60O7S.K/c1-3-5-6-7-8-9-10-11-12-13-14-15-16-17-18-19-20-21-22-23-24-27-30-41-34(36)31-28-25-26-29-32(31)35(37)42-33(4-2)43(38,39)40;/h25-26,28-29,33H,3-24,27,30H2,1-2H3,(H,38,39,40);/q;+1/p-1. The molecule has 7 nitrogen and oxygen atoms in total. The van der Waals surface area contributed by atoms with Gasteiger partial charge in [-0.2, -0.15) is 0 Å². The number of ether oxygens (including phenoxy) is 2. The Morgan fingerprint density at radius 3 is 1.30 bits per heavy atom. The average Bonchev–Trinajstić information content (AvgIpc) is 2.99. The van der Waals surface area contributed by atoms with Gasteiger partial charge in [-0.05, 0) is 25.0 Å². The van der Waals surface area contributed by atoms with Gasteiger partial charge < -0.3 is 14.0 Å². The molecule has 0 radical (unpaired) electrons. The third kappa shape index (κ3) is 22.3. The Morgan fingerprint density at radius 2 is 0.955 bits per heavy atom. The number of rotatable bonds is 28. The van der Waals surface area contributed by atoms with Crippen LogP contribution in [0, 0.1) is 0 Å². The van der Waals surface area contributed by atoms with Crippen LogP contribution in [0.25, 0.3) is 0 Å². The summed E-state index contributed by atoms with van der Waals surface area (Å²) in [5.41, 5.74) is -1.93. The molecule has 0 heterocycles. The van der Waals surface area contributed by atoms with Crippen molar-refractivity contribution in [3.63, 3.8) is 0 Å². The SMILES string of the molecule is CCCCCCCCCCCCCCCCCCCCCCCCOC(=O)c1ccccc1C(=O)OC(CC)S(=O)(=O)[O-].[K+]. The van der Waals surface area contributed by atoms with E-state index in [-0.39, 0.29) is 75.5 Å². The van der Waals surface area contributed by atoms with Crippen LogP contribution in [0.15, 0.2) is 24.3 Å². The summed E-state index contributed by atoms with van der Waals surface area (Å²) in [6.07, 6.45) is 28.7. The molecular formula is C35H59KO7S. The molecule has 0 saturated carbocycles. The van der Waals surface area contributed by atoms with Gasteiger partial charge >= 0.3 is 63.3 Å². The van der Waals surface area contributed by atoms with Gasteiger partial charge in [-0.3, -0.25) is 0 Å². The molecule has 0 aliphatic rings. The Morgan fingerprint density at radius 1 is 0.614 bits per heavy atom. The molecule has 1 unspecified atom stereocenters. The second kappa shape index (κ2) is 28.9. The summed E-state index contributed by atoms with van der Waals surface area (Å²) >= 11 is 0. The molecule has 1 atom stereocenters. The monoisotopic (exact) mass is 662 g/mol. The van der Waals surface area contributed by atoms with E-state index in [1.807, 2.05) is 0 Å². The maximum Gasteiger partial charge on any atom is 1.00 e. The van der Waals surface area contributed by atoms with Crippen LogP contribution < -0.4 is 51.4 Å². The van der Waals surface area contributed by atoms with Crippen molar-refractivity contribution in [1.82, 2.24) is 0 Å².